The Labute approximate surface area is 123 Å². The Bertz CT molecular complexity index is 502. The van der Waals surface area contributed by atoms with Crippen LogP contribution in [0.25, 0.3) is 0 Å². The smallest absolute Gasteiger partial charge is 0.252 e. The number of alkyl halides is 2. The quantitative estimate of drug-likeness (QED) is 0.900. The van der Waals surface area contributed by atoms with E-state index in [9.17, 15) is 13.6 Å². The van der Waals surface area contributed by atoms with E-state index in [2.05, 4.69) is 10.6 Å². The minimum absolute atomic E-state index is 0.245. The first-order chi connectivity index (χ1) is 10.0. The molecule has 2 N–H and O–H groups in total. The maximum atomic E-state index is 12.7. The van der Waals surface area contributed by atoms with Crippen LogP contribution in [0.2, 0.25) is 0 Å². The van der Waals surface area contributed by atoms with Crippen LogP contribution in [0.15, 0.2) is 24.3 Å². The Kier molecular flexibility index (Phi) is 3.93. The molecule has 1 amide bonds. The van der Waals surface area contributed by atoms with E-state index in [4.69, 9.17) is 0 Å². The summed E-state index contributed by atoms with van der Waals surface area (Å²) in [6, 6.07) is 7.13. The minimum atomic E-state index is -2.60. The van der Waals surface area contributed by atoms with Crippen LogP contribution >= 0.6 is 0 Å². The zero-order valence-corrected chi connectivity index (χ0v) is 11.9. The molecule has 1 heterocycles. The molecule has 1 aromatic rings. The van der Waals surface area contributed by atoms with Gasteiger partial charge in [0.15, 0.2) is 0 Å². The summed E-state index contributed by atoms with van der Waals surface area (Å²) in [4.78, 5) is 12.0. The number of carbonyl (C=O) groups excluding carboxylic acids is 1. The van der Waals surface area contributed by atoms with Crippen molar-refractivity contribution in [2.24, 2.45) is 0 Å². The van der Waals surface area contributed by atoms with Gasteiger partial charge >= 0.3 is 0 Å². The van der Waals surface area contributed by atoms with Crippen molar-refractivity contribution in [2.75, 3.05) is 13.1 Å². The molecule has 21 heavy (non-hydrogen) atoms. The highest BCUT2D eigenvalue weighted by atomic mass is 19.3. The molecule has 0 aromatic heterocycles. The molecule has 2 aliphatic rings. The molecule has 0 bridgehead atoms. The summed E-state index contributed by atoms with van der Waals surface area (Å²) in [5.41, 5.74) is 1.77. The van der Waals surface area contributed by atoms with Gasteiger partial charge < -0.3 is 10.6 Å². The highest BCUT2D eigenvalue weighted by Gasteiger charge is 2.45. The van der Waals surface area contributed by atoms with E-state index in [1.54, 1.807) is 12.1 Å². The third kappa shape index (κ3) is 3.40. The van der Waals surface area contributed by atoms with Gasteiger partial charge in [0, 0.05) is 31.0 Å². The molecule has 1 atom stereocenters. The second-order valence-corrected chi connectivity index (χ2v) is 6.10. The molecule has 1 saturated carbocycles. The van der Waals surface area contributed by atoms with Crippen LogP contribution in [0.1, 0.15) is 47.5 Å². The summed E-state index contributed by atoms with van der Waals surface area (Å²) in [7, 11) is 0. The predicted octanol–water partition coefficient (Wildman–Crippen LogP) is 2.68. The van der Waals surface area contributed by atoms with Crippen LogP contribution in [0.4, 0.5) is 8.78 Å². The Morgan fingerprint density at radius 1 is 1.24 bits per heavy atom. The van der Waals surface area contributed by atoms with E-state index < -0.39 is 12.0 Å². The standard InChI is InChI=1S/C16H20F2N2O/c17-16(18)8-14(9-16)20-15(21)12-5-3-11(4-6-12)13-2-1-7-19-10-13/h3-6,13-14,19H,1-2,7-10H2,(H,20,21). The van der Waals surface area contributed by atoms with E-state index in [0.29, 0.717) is 11.5 Å². The first-order valence-electron chi connectivity index (χ1n) is 7.53. The van der Waals surface area contributed by atoms with Crippen molar-refractivity contribution in [3.63, 3.8) is 0 Å². The summed E-state index contributed by atoms with van der Waals surface area (Å²) in [6.07, 6.45) is 1.84. The Balaban J connectivity index is 1.57. The monoisotopic (exact) mass is 294 g/mol. The number of amides is 1. The molecule has 1 aliphatic heterocycles. The molecule has 1 saturated heterocycles. The van der Waals surface area contributed by atoms with Crippen LogP contribution in [-0.4, -0.2) is 31.0 Å². The van der Waals surface area contributed by atoms with Gasteiger partial charge in [-0.15, -0.1) is 0 Å². The number of hydrogen-bond donors (Lipinski definition) is 2. The minimum Gasteiger partial charge on any atom is -0.349 e. The maximum absolute atomic E-state index is 12.7. The first-order valence-corrected chi connectivity index (χ1v) is 7.53. The van der Waals surface area contributed by atoms with Crippen molar-refractivity contribution in [3.05, 3.63) is 35.4 Å². The third-order valence-corrected chi connectivity index (χ3v) is 4.37. The lowest BCUT2D eigenvalue weighted by Gasteiger charge is -2.35. The molecule has 0 spiro atoms. The van der Waals surface area contributed by atoms with E-state index >= 15 is 0 Å². The van der Waals surface area contributed by atoms with Crippen molar-refractivity contribution in [1.82, 2.24) is 10.6 Å². The van der Waals surface area contributed by atoms with Gasteiger partial charge in [0.25, 0.3) is 11.8 Å². The van der Waals surface area contributed by atoms with Crippen molar-refractivity contribution < 1.29 is 13.6 Å². The second-order valence-electron chi connectivity index (χ2n) is 6.10. The number of nitrogens with one attached hydrogen (secondary N) is 2. The van der Waals surface area contributed by atoms with E-state index in [1.165, 1.54) is 12.0 Å². The van der Waals surface area contributed by atoms with Crippen LogP contribution in [-0.2, 0) is 0 Å². The summed E-state index contributed by atoms with van der Waals surface area (Å²) >= 11 is 0. The van der Waals surface area contributed by atoms with Crippen LogP contribution in [0.3, 0.4) is 0 Å². The lowest BCUT2D eigenvalue weighted by atomic mass is 9.88. The van der Waals surface area contributed by atoms with Gasteiger partial charge in [-0.3, -0.25) is 4.79 Å². The van der Waals surface area contributed by atoms with Gasteiger partial charge in [-0.25, -0.2) is 8.78 Å². The van der Waals surface area contributed by atoms with Crippen molar-refractivity contribution in [1.29, 1.82) is 0 Å². The molecule has 0 radical (unpaired) electrons. The predicted molar refractivity (Wildman–Crippen MR) is 76.7 cm³/mol. The first kappa shape index (κ1) is 14.4. The molecule has 1 aromatic carbocycles. The summed E-state index contributed by atoms with van der Waals surface area (Å²) in [5.74, 6) is -2.36. The number of rotatable bonds is 3. The molecule has 2 fully saturated rings. The fourth-order valence-corrected chi connectivity index (χ4v) is 3.07. The lowest BCUT2D eigenvalue weighted by Crippen LogP contribution is -2.50. The van der Waals surface area contributed by atoms with Gasteiger partial charge in [-0.05, 0) is 43.0 Å². The number of carbonyl (C=O) groups is 1. The van der Waals surface area contributed by atoms with Crippen LogP contribution < -0.4 is 10.6 Å². The summed E-state index contributed by atoms with van der Waals surface area (Å²) < 4.78 is 25.5. The molecular formula is C16H20F2N2O. The number of halogens is 2. The Morgan fingerprint density at radius 2 is 1.95 bits per heavy atom. The number of hydrogen-bond acceptors (Lipinski definition) is 2. The molecule has 3 rings (SSSR count). The SMILES string of the molecule is O=C(NC1CC(F)(F)C1)c1ccc(C2CCCNC2)cc1. The van der Waals surface area contributed by atoms with Crippen LogP contribution in [0.5, 0.6) is 0 Å². The highest BCUT2D eigenvalue weighted by molar-refractivity contribution is 5.94. The van der Waals surface area contributed by atoms with E-state index in [0.717, 1.165) is 19.5 Å². The molecule has 3 nitrogen and oxygen atoms in total. The topological polar surface area (TPSA) is 41.1 Å². The normalized spacial score (nSPS) is 25.1. The fourth-order valence-electron chi connectivity index (χ4n) is 3.07. The average molecular weight is 294 g/mol. The second kappa shape index (κ2) is 5.72. The number of piperidine rings is 1. The molecule has 5 heteroatoms. The summed E-state index contributed by atoms with van der Waals surface area (Å²) in [5, 5.41) is 6.03. The largest absolute Gasteiger partial charge is 0.349 e. The van der Waals surface area contributed by atoms with E-state index in [1.807, 2.05) is 12.1 Å². The lowest BCUT2D eigenvalue weighted by molar-refractivity contribution is -0.0901. The van der Waals surface area contributed by atoms with Gasteiger partial charge in [0.1, 0.15) is 0 Å². The number of benzene rings is 1. The zero-order chi connectivity index (χ0) is 14.9. The van der Waals surface area contributed by atoms with Gasteiger partial charge in [-0.1, -0.05) is 12.1 Å². The summed E-state index contributed by atoms with van der Waals surface area (Å²) in [6.45, 7) is 2.05. The molecular weight excluding hydrogens is 274 g/mol. The zero-order valence-electron chi connectivity index (χ0n) is 11.9. The Morgan fingerprint density at radius 3 is 2.52 bits per heavy atom. The van der Waals surface area contributed by atoms with Crippen molar-refractivity contribution in [3.8, 4) is 0 Å². The van der Waals surface area contributed by atoms with Gasteiger partial charge in [0.05, 0.1) is 0 Å². The third-order valence-electron chi connectivity index (χ3n) is 4.37. The molecule has 1 aliphatic carbocycles. The highest BCUT2D eigenvalue weighted by Crippen LogP contribution is 2.37. The molecule has 1 unspecified atom stereocenters. The molecule has 114 valence electrons. The van der Waals surface area contributed by atoms with Crippen molar-refractivity contribution in [2.45, 2.75) is 43.6 Å². The van der Waals surface area contributed by atoms with Crippen LogP contribution in [0, 0.1) is 0 Å². The van der Waals surface area contributed by atoms with Gasteiger partial charge in [-0.2, -0.15) is 0 Å². The average Bonchev–Trinajstić information content (AvgIpc) is 2.46. The fraction of sp³-hybridized carbons (Fsp3) is 0.562. The van der Waals surface area contributed by atoms with Gasteiger partial charge in [0.2, 0.25) is 0 Å². The van der Waals surface area contributed by atoms with E-state index in [-0.39, 0.29) is 18.7 Å². The van der Waals surface area contributed by atoms with Crippen molar-refractivity contribution >= 4 is 5.91 Å². The maximum Gasteiger partial charge on any atom is 0.252 e. The Hall–Kier alpha value is -1.49.